The number of nitrogens with one attached hydrogen (secondary N) is 2. The average molecular weight is 408 g/mol. The number of benzene rings is 2. The van der Waals surface area contributed by atoms with Gasteiger partial charge in [0, 0.05) is 36.7 Å². The van der Waals surface area contributed by atoms with E-state index in [9.17, 15) is 4.79 Å². The fraction of sp³-hybridized carbons (Fsp3) is 0.375. The van der Waals surface area contributed by atoms with Crippen molar-refractivity contribution in [2.24, 2.45) is 0 Å². The summed E-state index contributed by atoms with van der Waals surface area (Å²) in [5.41, 5.74) is 2.56. The van der Waals surface area contributed by atoms with Gasteiger partial charge in [-0.05, 0) is 61.1 Å². The van der Waals surface area contributed by atoms with Gasteiger partial charge in [-0.1, -0.05) is 18.2 Å². The van der Waals surface area contributed by atoms with Gasteiger partial charge in [-0.15, -0.1) is 0 Å². The highest BCUT2D eigenvalue weighted by Crippen LogP contribution is 2.33. The summed E-state index contributed by atoms with van der Waals surface area (Å²) in [6.45, 7) is 2.75. The molecule has 2 N–H and O–H groups in total. The number of rotatable bonds is 7. The number of H-pyrrole nitrogens is 1. The van der Waals surface area contributed by atoms with Crippen LogP contribution in [0.3, 0.4) is 0 Å². The molecule has 1 fully saturated rings. The predicted octanol–water partition coefficient (Wildman–Crippen LogP) is 4.53. The number of piperidine rings is 1. The number of amides is 2. The molecule has 0 atom stereocenters. The molecule has 0 unspecified atom stereocenters. The summed E-state index contributed by atoms with van der Waals surface area (Å²) in [6.07, 6.45) is 4.89. The maximum Gasteiger partial charge on any atom is 0.317 e. The lowest BCUT2D eigenvalue weighted by Crippen LogP contribution is -2.44. The molecule has 2 aromatic carbocycles. The zero-order valence-corrected chi connectivity index (χ0v) is 17.4. The number of hydrogen-bond donors (Lipinski definition) is 2. The first-order chi connectivity index (χ1) is 14.7. The second-order valence-corrected chi connectivity index (χ2v) is 7.66. The Bertz CT molecular complexity index is 959. The molecule has 6 heteroatoms. The number of carbonyl (C=O) groups excluding carboxylic acids is 1. The molecule has 6 nitrogen and oxygen atoms in total. The Kier molecular flexibility index (Phi) is 6.42. The molecule has 158 valence electrons. The first kappa shape index (κ1) is 20.1. The lowest BCUT2D eigenvalue weighted by atomic mass is 9.89. The summed E-state index contributed by atoms with van der Waals surface area (Å²) in [5, 5.41) is 4.32. The smallest absolute Gasteiger partial charge is 0.317 e. The topological polar surface area (TPSA) is 66.6 Å². The maximum absolute atomic E-state index is 12.5. The van der Waals surface area contributed by atoms with E-state index >= 15 is 0 Å². The van der Waals surface area contributed by atoms with Crippen molar-refractivity contribution in [3.05, 3.63) is 60.3 Å². The molecular weight excluding hydrogens is 378 g/mol. The number of likely N-dealkylation sites (tertiary alicyclic amines) is 1. The molecule has 3 aromatic rings. The molecule has 0 saturated carbocycles. The van der Waals surface area contributed by atoms with E-state index in [2.05, 4.69) is 40.8 Å². The van der Waals surface area contributed by atoms with Crippen molar-refractivity contribution in [3.63, 3.8) is 0 Å². The quantitative estimate of drug-likeness (QED) is 0.565. The lowest BCUT2D eigenvalue weighted by Gasteiger charge is -2.32. The van der Waals surface area contributed by atoms with Crippen LogP contribution in [0.1, 0.15) is 30.7 Å². The second kappa shape index (κ2) is 9.57. The Morgan fingerprint density at radius 3 is 2.60 bits per heavy atom. The van der Waals surface area contributed by atoms with Crippen LogP contribution >= 0.6 is 0 Å². The summed E-state index contributed by atoms with van der Waals surface area (Å²) >= 11 is 0. The number of hydrogen-bond acceptors (Lipinski definition) is 3. The van der Waals surface area contributed by atoms with E-state index in [1.54, 1.807) is 7.11 Å². The van der Waals surface area contributed by atoms with E-state index in [1.165, 1.54) is 16.5 Å². The number of carbonyl (C=O) groups is 1. The lowest BCUT2D eigenvalue weighted by molar-refractivity contribution is 0.180. The highest BCUT2D eigenvalue weighted by atomic mass is 16.5. The number of aromatic nitrogens is 1. The van der Waals surface area contributed by atoms with E-state index < -0.39 is 0 Å². The molecule has 0 spiro atoms. The fourth-order valence-corrected chi connectivity index (χ4v) is 4.07. The molecule has 2 amide bonds. The molecule has 2 heterocycles. The molecule has 1 aromatic heterocycles. The van der Waals surface area contributed by atoms with E-state index in [1.807, 2.05) is 29.2 Å². The van der Waals surface area contributed by atoms with E-state index in [4.69, 9.17) is 9.47 Å². The van der Waals surface area contributed by atoms with Gasteiger partial charge in [0.25, 0.3) is 0 Å². The normalized spacial score (nSPS) is 14.6. The van der Waals surface area contributed by atoms with Crippen molar-refractivity contribution >= 4 is 16.9 Å². The molecule has 1 saturated heterocycles. The highest BCUT2D eigenvalue weighted by Gasteiger charge is 2.25. The minimum atomic E-state index is 0.0248. The number of para-hydroxylation sites is 1. The number of methoxy groups -OCH3 is 1. The van der Waals surface area contributed by atoms with Crippen molar-refractivity contribution in [1.29, 1.82) is 0 Å². The Balaban J connectivity index is 1.16. The van der Waals surface area contributed by atoms with Crippen LogP contribution in [0, 0.1) is 0 Å². The molecule has 1 aliphatic heterocycles. The number of fused-ring (bicyclic) bond motifs is 1. The molecule has 0 bridgehead atoms. The highest BCUT2D eigenvalue weighted by molar-refractivity contribution is 5.83. The van der Waals surface area contributed by atoms with Crippen molar-refractivity contribution < 1.29 is 14.3 Å². The van der Waals surface area contributed by atoms with Crippen LogP contribution < -0.4 is 14.8 Å². The van der Waals surface area contributed by atoms with Gasteiger partial charge in [-0.3, -0.25) is 0 Å². The average Bonchev–Trinajstić information content (AvgIpc) is 3.23. The van der Waals surface area contributed by atoms with E-state index in [-0.39, 0.29) is 6.03 Å². The summed E-state index contributed by atoms with van der Waals surface area (Å²) in [6, 6.07) is 16.0. The molecule has 4 rings (SSSR count). The third-order valence-electron chi connectivity index (χ3n) is 5.77. The largest absolute Gasteiger partial charge is 0.497 e. The molecule has 0 radical (unpaired) electrons. The Morgan fingerprint density at radius 1 is 1.10 bits per heavy atom. The van der Waals surface area contributed by atoms with Gasteiger partial charge in [0.05, 0.1) is 13.7 Å². The van der Waals surface area contributed by atoms with E-state index in [0.29, 0.717) is 19.1 Å². The minimum Gasteiger partial charge on any atom is -0.497 e. The number of aromatic amines is 1. The molecule has 0 aliphatic carbocycles. The Morgan fingerprint density at radius 2 is 1.83 bits per heavy atom. The zero-order chi connectivity index (χ0) is 20.8. The Hall–Kier alpha value is -3.15. The summed E-state index contributed by atoms with van der Waals surface area (Å²) < 4.78 is 10.8. The third kappa shape index (κ3) is 4.70. The van der Waals surface area contributed by atoms with E-state index in [0.717, 1.165) is 43.9 Å². The molecular formula is C24H29N3O3. The monoisotopic (exact) mass is 407 g/mol. The fourth-order valence-electron chi connectivity index (χ4n) is 4.07. The molecule has 30 heavy (non-hydrogen) atoms. The standard InChI is InChI=1S/C24H29N3O3/c1-29-19-7-9-20(10-8-19)30-16-4-13-25-24(28)27-14-11-18(12-15-27)22-17-26-23-6-3-2-5-21(22)23/h2-3,5-10,17-18,26H,4,11-16H2,1H3,(H,25,28). The summed E-state index contributed by atoms with van der Waals surface area (Å²) in [4.78, 5) is 17.8. The SMILES string of the molecule is COc1ccc(OCCCNC(=O)N2CCC(c3c[nH]c4ccccc34)CC2)cc1. The van der Waals surface area contributed by atoms with Crippen molar-refractivity contribution in [1.82, 2.24) is 15.2 Å². The first-order valence-electron chi connectivity index (χ1n) is 10.6. The minimum absolute atomic E-state index is 0.0248. The third-order valence-corrected chi connectivity index (χ3v) is 5.77. The van der Waals surface area contributed by atoms with Crippen molar-refractivity contribution in [2.75, 3.05) is 33.4 Å². The maximum atomic E-state index is 12.5. The van der Waals surface area contributed by atoms with Gasteiger partial charge in [-0.25, -0.2) is 4.79 Å². The van der Waals surface area contributed by atoms with Crippen LogP contribution in [0.15, 0.2) is 54.7 Å². The summed E-state index contributed by atoms with van der Waals surface area (Å²) in [7, 11) is 1.64. The number of urea groups is 1. The van der Waals surface area contributed by atoms with Gasteiger partial charge in [-0.2, -0.15) is 0 Å². The van der Waals surface area contributed by atoms with Crippen LogP contribution in [0.2, 0.25) is 0 Å². The molecule has 1 aliphatic rings. The Labute approximate surface area is 177 Å². The zero-order valence-electron chi connectivity index (χ0n) is 17.4. The van der Waals surface area contributed by atoms with Gasteiger partial charge in [0.1, 0.15) is 11.5 Å². The second-order valence-electron chi connectivity index (χ2n) is 7.66. The van der Waals surface area contributed by atoms with Crippen molar-refractivity contribution in [3.8, 4) is 11.5 Å². The predicted molar refractivity (Wildman–Crippen MR) is 118 cm³/mol. The first-order valence-corrected chi connectivity index (χ1v) is 10.6. The van der Waals surface area contributed by atoms with Crippen LogP contribution in [0.4, 0.5) is 4.79 Å². The van der Waals surface area contributed by atoms with Crippen LogP contribution in [0.25, 0.3) is 10.9 Å². The van der Waals surface area contributed by atoms with Crippen LogP contribution in [0.5, 0.6) is 11.5 Å². The van der Waals surface area contributed by atoms with Gasteiger partial charge >= 0.3 is 6.03 Å². The summed E-state index contributed by atoms with van der Waals surface area (Å²) in [5.74, 6) is 2.12. The van der Waals surface area contributed by atoms with Crippen molar-refractivity contribution in [2.45, 2.75) is 25.2 Å². The van der Waals surface area contributed by atoms with Crippen LogP contribution in [-0.2, 0) is 0 Å². The van der Waals surface area contributed by atoms with Gasteiger partial charge in [0.15, 0.2) is 0 Å². The van der Waals surface area contributed by atoms with Gasteiger partial charge < -0.3 is 24.7 Å². The number of ether oxygens (including phenoxy) is 2. The van der Waals surface area contributed by atoms with Crippen LogP contribution in [-0.4, -0.2) is 49.3 Å². The van der Waals surface area contributed by atoms with Gasteiger partial charge in [0.2, 0.25) is 0 Å². The number of nitrogens with zero attached hydrogens (tertiary/aromatic N) is 1.